The number of rotatable bonds is 18. The van der Waals surface area contributed by atoms with E-state index in [0.717, 1.165) is 33.3 Å². The van der Waals surface area contributed by atoms with E-state index in [1.807, 2.05) is 83.8 Å². The normalized spacial score (nSPS) is 11.7. The van der Waals surface area contributed by atoms with Gasteiger partial charge in [-0.2, -0.15) is 5.26 Å². The number of carboxylic acids is 3. The van der Waals surface area contributed by atoms with Gasteiger partial charge in [0.05, 0.1) is 23.5 Å². The topological polar surface area (TPSA) is 207 Å². The Kier molecular flexibility index (Phi) is 13.1. The molecule has 0 aliphatic rings. The number of carbonyl (C=O) groups is 5. The Bertz CT molecular complexity index is 2310. The summed E-state index contributed by atoms with van der Waals surface area (Å²) in [4.78, 5) is 76.8. The first kappa shape index (κ1) is 39.4. The minimum atomic E-state index is -1.32. The van der Waals surface area contributed by atoms with Crippen molar-refractivity contribution >= 4 is 75.0 Å². The Labute approximate surface area is 318 Å². The number of nitrogens with zero attached hydrogens (tertiary/aromatic N) is 3. The zero-order chi connectivity index (χ0) is 39.5. The van der Waals surface area contributed by atoms with E-state index >= 15 is 0 Å². The molecule has 280 valence electrons. The fourth-order valence-corrected chi connectivity index (χ4v) is 6.88. The summed E-state index contributed by atoms with van der Waals surface area (Å²) >= 11 is 1.16. The van der Waals surface area contributed by atoms with Gasteiger partial charge in [-0.3, -0.25) is 24.0 Å². The van der Waals surface area contributed by atoms with Crippen LogP contribution in [0.5, 0.6) is 0 Å². The van der Waals surface area contributed by atoms with Crippen LogP contribution in [0.3, 0.4) is 0 Å². The molecule has 0 saturated carbocycles. The average molecular weight is 762 g/mol. The van der Waals surface area contributed by atoms with E-state index in [9.17, 15) is 44.2 Å². The number of ketones is 1. The Morgan fingerprint density at radius 3 is 2.09 bits per heavy atom. The molecule has 5 rings (SSSR count). The van der Waals surface area contributed by atoms with Crippen LogP contribution in [0, 0.1) is 17.2 Å². The number of hydrogen-bond donors (Lipinski definition) is 3. The predicted octanol–water partition coefficient (Wildman–Crippen LogP) is 7.12. The van der Waals surface area contributed by atoms with Crippen LogP contribution in [0.25, 0.3) is 27.5 Å². The van der Waals surface area contributed by atoms with Crippen LogP contribution in [-0.2, 0) is 24.0 Å². The zero-order valence-electron chi connectivity index (χ0n) is 29.3. The maximum Gasteiger partial charge on any atom is 0.345 e. The minimum absolute atomic E-state index is 0.0268. The van der Waals surface area contributed by atoms with E-state index in [2.05, 4.69) is 0 Å². The molecule has 3 aromatic carbocycles. The summed E-state index contributed by atoms with van der Waals surface area (Å²) in [5.74, 6) is -6.50. The molecule has 1 amide bonds. The molecule has 0 radical (unpaired) electrons. The number of thiophene rings is 1. The molecule has 0 aliphatic heterocycles. The van der Waals surface area contributed by atoms with Crippen molar-refractivity contribution in [2.45, 2.75) is 32.1 Å². The number of nitriles is 1. The van der Waals surface area contributed by atoms with Gasteiger partial charge in [0.15, 0.2) is 5.78 Å². The van der Waals surface area contributed by atoms with Gasteiger partial charge in [0.2, 0.25) is 5.91 Å². The van der Waals surface area contributed by atoms with Gasteiger partial charge in [0.25, 0.3) is 0 Å². The average Bonchev–Trinajstić information content (AvgIpc) is 3.63. The maximum absolute atomic E-state index is 13.3. The fraction of sp³-hybridized carbons (Fsp3) is 0.195. The van der Waals surface area contributed by atoms with Crippen molar-refractivity contribution in [2.24, 2.45) is 5.92 Å². The van der Waals surface area contributed by atoms with Gasteiger partial charge in [-0.15, -0.1) is 11.3 Å². The van der Waals surface area contributed by atoms with E-state index < -0.39 is 66.9 Å². The van der Waals surface area contributed by atoms with Crippen LogP contribution in [0.4, 0.5) is 17.1 Å². The summed E-state index contributed by atoms with van der Waals surface area (Å²) < 4.78 is 5.80. The summed E-state index contributed by atoms with van der Waals surface area (Å²) in [6.45, 7) is -0.863. The molecule has 5 aromatic rings. The van der Waals surface area contributed by atoms with Gasteiger partial charge in [-0.25, -0.2) is 4.79 Å². The van der Waals surface area contributed by atoms with Gasteiger partial charge in [-0.1, -0.05) is 36.4 Å². The highest BCUT2D eigenvalue weighted by atomic mass is 32.1. The predicted molar refractivity (Wildman–Crippen MR) is 205 cm³/mol. The quantitative estimate of drug-likeness (QED) is 0.0464. The maximum atomic E-state index is 13.3. The number of hydrogen-bond acceptors (Lipinski definition) is 10. The summed E-state index contributed by atoms with van der Waals surface area (Å²) in [7, 11) is 0. The number of fused-ring (bicyclic) bond motifs is 1. The Hall–Kier alpha value is -6.85. The van der Waals surface area contributed by atoms with Gasteiger partial charge < -0.3 is 29.5 Å². The van der Waals surface area contributed by atoms with Gasteiger partial charge in [0, 0.05) is 57.7 Å². The lowest BCUT2D eigenvalue weighted by molar-refractivity contribution is -0.148. The molecule has 1 atom stereocenters. The molecular weight excluding hydrogens is 727 g/mol. The number of aliphatic carboxylic acids is 3. The highest BCUT2D eigenvalue weighted by Crippen LogP contribution is 2.36. The first-order chi connectivity index (χ1) is 26.4. The largest absolute Gasteiger partial charge is 0.481 e. The number of anilines is 3. The lowest BCUT2D eigenvalue weighted by atomic mass is 9.99. The molecule has 2 heterocycles. The molecule has 0 spiro atoms. The van der Waals surface area contributed by atoms with Crippen molar-refractivity contribution < 1.29 is 43.7 Å². The Morgan fingerprint density at radius 1 is 0.818 bits per heavy atom. The molecule has 0 bridgehead atoms. The van der Waals surface area contributed by atoms with Crippen LogP contribution in [0.1, 0.15) is 37.0 Å². The number of carboxylic acid groups (broad SMARTS) is 3. The molecular formula is C41H35N3O10S. The third-order valence-electron chi connectivity index (χ3n) is 8.60. The van der Waals surface area contributed by atoms with Crippen molar-refractivity contribution in [1.82, 2.24) is 4.90 Å². The van der Waals surface area contributed by atoms with Crippen molar-refractivity contribution in [3.63, 3.8) is 0 Å². The van der Waals surface area contributed by atoms with E-state index in [-0.39, 0.29) is 25.0 Å². The van der Waals surface area contributed by atoms with Gasteiger partial charge in [0.1, 0.15) is 18.2 Å². The summed E-state index contributed by atoms with van der Waals surface area (Å²) in [6.07, 6.45) is -0.150. The summed E-state index contributed by atoms with van der Waals surface area (Å²) in [5.41, 5.74) is 2.49. The van der Waals surface area contributed by atoms with Crippen LogP contribution >= 0.6 is 11.3 Å². The molecule has 0 aliphatic carbocycles. The monoisotopic (exact) mass is 761 g/mol. The summed E-state index contributed by atoms with van der Waals surface area (Å²) in [6, 6.07) is 32.0. The number of carbonyl (C=O) groups excluding carboxylic acids is 2. The first-order valence-electron chi connectivity index (χ1n) is 17.1. The van der Waals surface area contributed by atoms with Crippen LogP contribution < -0.4 is 10.5 Å². The standard InChI is InChI=1S/C41H35N3O10S/c42-24-28(34(45)16-18-37(46)43(25-39(49)50)19-7-8-27(40(51)52)22-38(47)48)20-32-15-17-36(55-32)33-21-26-13-14-31(23-35(26)54-41(33)53)44(29-9-3-1-4-10-29)30-11-5-2-6-12-30/h1-6,9-15,17,20-21,23,27H,7-8,16,18-19,22,25H2,(H,47,48)(H,49,50)(H,51,52)/b28-20+. The molecule has 13 nitrogen and oxygen atoms in total. The second kappa shape index (κ2) is 18.3. The molecule has 3 N–H and O–H groups in total. The molecule has 1 unspecified atom stereocenters. The molecule has 0 saturated heterocycles. The SMILES string of the molecule is N#C/C(=C\c1ccc(-c2cc3ccc(N(c4ccccc4)c4ccccc4)cc3oc2=O)s1)C(=O)CCC(=O)N(CCCC(CC(=O)O)C(=O)O)CC(=O)O. The molecule has 0 fully saturated rings. The van der Waals surface area contributed by atoms with Crippen LogP contribution in [-0.4, -0.2) is 62.9 Å². The van der Waals surface area contributed by atoms with E-state index in [0.29, 0.717) is 26.3 Å². The number of allylic oxidation sites excluding steroid dienone is 1. The van der Waals surface area contributed by atoms with Crippen molar-refractivity contribution in [1.29, 1.82) is 5.26 Å². The smallest absolute Gasteiger partial charge is 0.345 e. The third-order valence-corrected chi connectivity index (χ3v) is 9.67. The molecule has 2 aromatic heterocycles. The summed E-state index contributed by atoms with van der Waals surface area (Å²) in [5, 5.41) is 37.9. The van der Waals surface area contributed by atoms with Gasteiger partial charge >= 0.3 is 23.5 Å². The second-order valence-corrected chi connectivity index (χ2v) is 13.6. The Morgan fingerprint density at radius 2 is 1.49 bits per heavy atom. The van der Waals surface area contributed by atoms with E-state index in [4.69, 9.17) is 9.52 Å². The fourth-order valence-electron chi connectivity index (χ4n) is 5.93. The first-order valence-corrected chi connectivity index (χ1v) is 17.9. The lowest BCUT2D eigenvalue weighted by Crippen LogP contribution is -2.37. The second-order valence-electron chi connectivity index (χ2n) is 12.5. The van der Waals surface area contributed by atoms with E-state index in [1.165, 1.54) is 6.08 Å². The molecule has 55 heavy (non-hydrogen) atoms. The van der Waals surface area contributed by atoms with Crippen molar-refractivity contribution in [2.75, 3.05) is 18.0 Å². The number of para-hydroxylation sites is 2. The van der Waals surface area contributed by atoms with Crippen molar-refractivity contribution in [3.05, 3.63) is 118 Å². The Balaban J connectivity index is 1.28. The van der Waals surface area contributed by atoms with Crippen molar-refractivity contribution in [3.8, 4) is 16.5 Å². The zero-order valence-corrected chi connectivity index (χ0v) is 30.1. The van der Waals surface area contributed by atoms with Crippen LogP contribution in [0.2, 0.25) is 0 Å². The lowest BCUT2D eigenvalue weighted by Gasteiger charge is -2.25. The van der Waals surface area contributed by atoms with E-state index in [1.54, 1.807) is 24.3 Å². The highest BCUT2D eigenvalue weighted by Gasteiger charge is 2.24. The minimum Gasteiger partial charge on any atom is -0.481 e. The van der Waals surface area contributed by atoms with Crippen LogP contribution in [0.15, 0.2) is 112 Å². The van der Waals surface area contributed by atoms with Gasteiger partial charge in [-0.05, 0) is 73.5 Å². The highest BCUT2D eigenvalue weighted by molar-refractivity contribution is 7.16. The number of benzene rings is 3. The molecule has 14 heteroatoms. The third kappa shape index (κ3) is 10.4. The number of Topliss-reactive ketones (excluding diaryl/α,β-unsaturated/α-hetero) is 1. The number of amides is 1.